The molecule has 0 aliphatic carbocycles. The number of anilines is 4. The summed E-state index contributed by atoms with van der Waals surface area (Å²) in [5.74, 6) is 1.29. The first-order valence-corrected chi connectivity index (χ1v) is 9.65. The molecule has 8 heteroatoms. The standard InChI is InChI=1S/C21H21ClN6O/c22-16-3-1-2-14(10-16)19-12-20(25-17-4-5-18(24)15(11-17)13-23)27-21(26-19)28-6-8-29-9-7-28/h1-5,10-13,23H,6-9,24H2,(H,25,26,27). The van der Waals surface area contributed by atoms with Crippen LogP contribution in [0.2, 0.25) is 5.02 Å². The van der Waals surface area contributed by atoms with Crippen LogP contribution >= 0.6 is 11.6 Å². The Hall–Kier alpha value is -3.16. The minimum Gasteiger partial charge on any atom is -0.398 e. The number of nitrogen functional groups attached to an aromatic ring is 1. The molecule has 1 fully saturated rings. The lowest BCUT2D eigenvalue weighted by molar-refractivity contribution is 0.122. The molecule has 0 atom stereocenters. The van der Waals surface area contributed by atoms with E-state index in [4.69, 9.17) is 37.4 Å². The van der Waals surface area contributed by atoms with Crippen molar-refractivity contribution in [3.8, 4) is 11.3 Å². The first-order chi connectivity index (χ1) is 14.1. The van der Waals surface area contributed by atoms with Gasteiger partial charge in [0.25, 0.3) is 0 Å². The number of rotatable bonds is 5. The second-order valence-electron chi connectivity index (χ2n) is 6.66. The summed E-state index contributed by atoms with van der Waals surface area (Å²) >= 11 is 6.18. The van der Waals surface area contributed by atoms with Gasteiger partial charge in [-0.15, -0.1) is 0 Å². The first-order valence-electron chi connectivity index (χ1n) is 9.27. The van der Waals surface area contributed by atoms with Crippen LogP contribution in [0.15, 0.2) is 48.5 Å². The SMILES string of the molecule is N=Cc1cc(Nc2cc(-c3cccc(Cl)c3)nc(N3CCOCC3)n2)ccc1N. The molecule has 0 unspecified atom stereocenters. The van der Waals surface area contributed by atoms with E-state index in [1.165, 1.54) is 6.21 Å². The van der Waals surface area contributed by atoms with Gasteiger partial charge in [0, 0.05) is 52.9 Å². The molecule has 3 aromatic rings. The molecule has 7 nitrogen and oxygen atoms in total. The first kappa shape index (κ1) is 19.2. The summed E-state index contributed by atoms with van der Waals surface area (Å²) in [6.07, 6.45) is 1.23. The summed E-state index contributed by atoms with van der Waals surface area (Å²) in [5, 5.41) is 11.5. The molecular weight excluding hydrogens is 388 g/mol. The number of hydrogen-bond acceptors (Lipinski definition) is 7. The fourth-order valence-electron chi connectivity index (χ4n) is 3.12. The fourth-order valence-corrected chi connectivity index (χ4v) is 3.31. The highest BCUT2D eigenvalue weighted by Crippen LogP contribution is 2.27. The highest BCUT2D eigenvalue weighted by atomic mass is 35.5. The molecule has 0 saturated carbocycles. The number of ether oxygens (including phenoxy) is 1. The predicted octanol–water partition coefficient (Wildman–Crippen LogP) is 3.96. The zero-order chi connectivity index (χ0) is 20.2. The summed E-state index contributed by atoms with van der Waals surface area (Å²) in [7, 11) is 0. The molecule has 29 heavy (non-hydrogen) atoms. The molecule has 0 bridgehead atoms. The molecule has 0 radical (unpaired) electrons. The molecule has 4 rings (SSSR count). The molecule has 1 aliphatic heterocycles. The topological polar surface area (TPSA) is 100 Å². The third kappa shape index (κ3) is 4.47. The Labute approximate surface area is 174 Å². The quantitative estimate of drug-likeness (QED) is 0.436. The Kier molecular flexibility index (Phi) is 5.59. The van der Waals surface area contributed by atoms with E-state index in [-0.39, 0.29) is 0 Å². The van der Waals surface area contributed by atoms with E-state index >= 15 is 0 Å². The van der Waals surface area contributed by atoms with Crippen molar-refractivity contribution in [2.75, 3.05) is 42.3 Å². The van der Waals surface area contributed by atoms with Crippen LogP contribution in [-0.2, 0) is 4.74 Å². The van der Waals surface area contributed by atoms with Gasteiger partial charge in [-0.2, -0.15) is 4.98 Å². The van der Waals surface area contributed by atoms with Crippen LogP contribution in [0, 0.1) is 5.41 Å². The molecule has 148 valence electrons. The number of nitrogens with zero attached hydrogens (tertiary/aromatic N) is 3. The fraction of sp³-hybridized carbons (Fsp3) is 0.190. The Bertz CT molecular complexity index is 1040. The minimum absolute atomic E-state index is 0.557. The maximum Gasteiger partial charge on any atom is 0.228 e. The van der Waals surface area contributed by atoms with Crippen LogP contribution in [0.1, 0.15) is 5.56 Å². The van der Waals surface area contributed by atoms with Crippen molar-refractivity contribution in [2.45, 2.75) is 0 Å². The predicted molar refractivity (Wildman–Crippen MR) is 118 cm³/mol. The number of nitrogens with two attached hydrogens (primary N) is 1. The molecule has 1 aromatic heterocycles. The van der Waals surface area contributed by atoms with Crippen LogP contribution in [0.25, 0.3) is 11.3 Å². The van der Waals surface area contributed by atoms with Gasteiger partial charge in [-0.1, -0.05) is 23.7 Å². The third-order valence-corrected chi connectivity index (χ3v) is 4.88. The molecule has 1 aliphatic rings. The molecule has 0 spiro atoms. The van der Waals surface area contributed by atoms with Crippen molar-refractivity contribution in [3.05, 3.63) is 59.1 Å². The van der Waals surface area contributed by atoms with Crippen molar-refractivity contribution in [1.82, 2.24) is 9.97 Å². The number of hydrogen-bond donors (Lipinski definition) is 3. The molecule has 4 N–H and O–H groups in total. The monoisotopic (exact) mass is 408 g/mol. The largest absolute Gasteiger partial charge is 0.398 e. The van der Waals surface area contributed by atoms with Gasteiger partial charge in [-0.3, -0.25) is 0 Å². The van der Waals surface area contributed by atoms with Gasteiger partial charge in [-0.05, 0) is 30.3 Å². The van der Waals surface area contributed by atoms with Crippen LogP contribution in [0.5, 0.6) is 0 Å². The van der Waals surface area contributed by atoms with Crippen LogP contribution in [0.3, 0.4) is 0 Å². The average molecular weight is 409 g/mol. The average Bonchev–Trinajstić information content (AvgIpc) is 2.75. The lowest BCUT2D eigenvalue weighted by Gasteiger charge is -2.27. The number of nitrogens with one attached hydrogen (secondary N) is 2. The van der Waals surface area contributed by atoms with Gasteiger partial charge >= 0.3 is 0 Å². The maximum atomic E-state index is 7.51. The van der Waals surface area contributed by atoms with E-state index in [2.05, 4.69) is 10.2 Å². The molecule has 2 aromatic carbocycles. The lowest BCUT2D eigenvalue weighted by atomic mass is 10.1. The number of benzene rings is 2. The second kappa shape index (κ2) is 8.46. The Balaban J connectivity index is 1.73. The Morgan fingerprint density at radius 3 is 2.69 bits per heavy atom. The van der Waals surface area contributed by atoms with Gasteiger partial charge in [-0.25, -0.2) is 4.98 Å². The zero-order valence-corrected chi connectivity index (χ0v) is 16.5. The summed E-state index contributed by atoms with van der Waals surface area (Å²) in [6, 6.07) is 14.9. The van der Waals surface area contributed by atoms with Gasteiger partial charge in [0.15, 0.2) is 0 Å². The van der Waals surface area contributed by atoms with E-state index in [1.54, 1.807) is 6.07 Å². The summed E-state index contributed by atoms with van der Waals surface area (Å²) in [5.41, 5.74) is 9.57. The summed E-state index contributed by atoms with van der Waals surface area (Å²) in [4.78, 5) is 11.6. The van der Waals surface area contributed by atoms with Gasteiger partial charge in [0.2, 0.25) is 5.95 Å². The molecular formula is C21H21ClN6O. The molecule has 2 heterocycles. The number of morpholine rings is 1. The van der Waals surface area contributed by atoms with Crippen LogP contribution in [0.4, 0.5) is 23.1 Å². The van der Waals surface area contributed by atoms with Gasteiger partial charge in [0.05, 0.1) is 18.9 Å². The third-order valence-electron chi connectivity index (χ3n) is 4.64. The normalized spacial score (nSPS) is 13.9. The highest BCUT2D eigenvalue weighted by molar-refractivity contribution is 6.30. The number of halogens is 1. The Morgan fingerprint density at radius 1 is 1.10 bits per heavy atom. The summed E-state index contributed by atoms with van der Waals surface area (Å²) in [6.45, 7) is 2.76. The van der Waals surface area contributed by atoms with E-state index < -0.39 is 0 Å². The highest BCUT2D eigenvalue weighted by Gasteiger charge is 2.17. The van der Waals surface area contributed by atoms with Crippen molar-refractivity contribution in [2.24, 2.45) is 0 Å². The summed E-state index contributed by atoms with van der Waals surface area (Å²) < 4.78 is 5.45. The van der Waals surface area contributed by atoms with Crippen LogP contribution < -0.4 is 16.0 Å². The zero-order valence-electron chi connectivity index (χ0n) is 15.7. The maximum absolute atomic E-state index is 7.51. The van der Waals surface area contributed by atoms with Gasteiger partial charge < -0.3 is 26.1 Å². The number of aromatic nitrogens is 2. The van der Waals surface area contributed by atoms with E-state index in [1.807, 2.05) is 42.5 Å². The van der Waals surface area contributed by atoms with E-state index in [0.29, 0.717) is 41.3 Å². The van der Waals surface area contributed by atoms with Crippen LogP contribution in [-0.4, -0.2) is 42.5 Å². The van der Waals surface area contributed by atoms with Crippen molar-refractivity contribution in [1.29, 1.82) is 5.41 Å². The van der Waals surface area contributed by atoms with Crippen molar-refractivity contribution in [3.63, 3.8) is 0 Å². The molecule has 1 saturated heterocycles. The Morgan fingerprint density at radius 2 is 1.93 bits per heavy atom. The molecule has 0 amide bonds. The minimum atomic E-state index is 0.557. The van der Waals surface area contributed by atoms with Gasteiger partial charge in [0.1, 0.15) is 5.82 Å². The van der Waals surface area contributed by atoms with E-state index in [9.17, 15) is 0 Å². The van der Waals surface area contributed by atoms with Crippen molar-refractivity contribution < 1.29 is 4.74 Å². The smallest absolute Gasteiger partial charge is 0.228 e. The lowest BCUT2D eigenvalue weighted by Crippen LogP contribution is -2.37. The second-order valence-corrected chi connectivity index (χ2v) is 7.10. The van der Waals surface area contributed by atoms with Crippen molar-refractivity contribution >= 4 is 41.0 Å². The van der Waals surface area contributed by atoms with E-state index in [0.717, 1.165) is 30.0 Å².